The van der Waals surface area contributed by atoms with Crippen molar-refractivity contribution in [2.45, 2.75) is 18.7 Å². The molecule has 1 atom stereocenters. The molecule has 1 unspecified atom stereocenters. The Morgan fingerprint density at radius 2 is 2.00 bits per heavy atom. The third-order valence-electron chi connectivity index (χ3n) is 1.52. The first-order chi connectivity index (χ1) is 5.09. The van der Waals surface area contributed by atoms with Crippen LogP contribution in [0.4, 0.5) is 0 Å². The molecule has 0 aliphatic heterocycles. The van der Waals surface area contributed by atoms with Crippen LogP contribution >= 0.6 is 27.5 Å². The van der Waals surface area contributed by atoms with Gasteiger partial charge in [0.15, 0.2) is 0 Å². The fraction of sp³-hybridized carbons (Fsp3) is 0.333. The zero-order valence-electron chi connectivity index (χ0n) is 6.57. The first-order valence-corrected chi connectivity index (χ1v) is 4.80. The topological polar surface area (TPSA) is 0 Å². The van der Waals surface area contributed by atoms with Crippen molar-refractivity contribution in [2.24, 2.45) is 0 Å². The van der Waals surface area contributed by atoms with E-state index in [1.807, 2.05) is 19.1 Å². The molecule has 0 aromatic heterocycles. The Labute approximate surface area is 80.7 Å². The van der Waals surface area contributed by atoms with Crippen molar-refractivity contribution >= 4 is 27.5 Å². The van der Waals surface area contributed by atoms with E-state index in [1.165, 1.54) is 11.1 Å². The summed E-state index contributed by atoms with van der Waals surface area (Å²) in [6.45, 7) is 4.13. The van der Waals surface area contributed by atoms with Crippen molar-refractivity contribution in [3.8, 4) is 0 Å². The number of benzene rings is 1. The van der Waals surface area contributed by atoms with Gasteiger partial charge in [-0.15, -0.1) is 0 Å². The maximum absolute atomic E-state index is 5.87. The summed E-state index contributed by atoms with van der Waals surface area (Å²) in [6, 6.07) is 6.07. The molecule has 0 aliphatic carbocycles. The van der Waals surface area contributed by atoms with Crippen molar-refractivity contribution in [1.82, 2.24) is 0 Å². The van der Waals surface area contributed by atoms with Crippen LogP contribution in [0, 0.1) is 6.92 Å². The number of hydrogen-bond donors (Lipinski definition) is 0. The second kappa shape index (κ2) is 3.59. The van der Waals surface area contributed by atoms with E-state index in [0.29, 0.717) is 4.83 Å². The molecule has 0 nitrogen and oxygen atoms in total. The average molecular weight is 234 g/mol. The highest BCUT2D eigenvalue weighted by Gasteiger charge is 2.01. The summed E-state index contributed by atoms with van der Waals surface area (Å²) in [4.78, 5) is 0.375. The van der Waals surface area contributed by atoms with E-state index in [2.05, 4.69) is 28.9 Å². The quantitative estimate of drug-likeness (QED) is 0.641. The Kier molecular flexibility index (Phi) is 2.97. The predicted molar refractivity (Wildman–Crippen MR) is 53.5 cm³/mol. The van der Waals surface area contributed by atoms with Crippen molar-refractivity contribution < 1.29 is 0 Å². The third-order valence-corrected chi connectivity index (χ3v) is 2.27. The molecular weight excluding hydrogens is 223 g/mol. The van der Waals surface area contributed by atoms with Crippen LogP contribution in [0.2, 0.25) is 5.02 Å². The molecule has 11 heavy (non-hydrogen) atoms. The fourth-order valence-corrected chi connectivity index (χ4v) is 1.56. The summed E-state index contributed by atoms with van der Waals surface area (Å²) in [5.74, 6) is 0. The molecular formula is C9H10BrCl. The minimum atomic E-state index is 0.375. The molecule has 1 aromatic rings. The minimum absolute atomic E-state index is 0.375. The lowest BCUT2D eigenvalue weighted by Gasteiger charge is -2.04. The molecule has 0 saturated carbocycles. The maximum Gasteiger partial charge on any atom is 0.0411 e. The van der Waals surface area contributed by atoms with Crippen molar-refractivity contribution in [3.05, 3.63) is 34.3 Å². The fourth-order valence-electron chi connectivity index (χ4n) is 0.994. The zero-order chi connectivity index (χ0) is 8.43. The van der Waals surface area contributed by atoms with Gasteiger partial charge in [0.2, 0.25) is 0 Å². The monoisotopic (exact) mass is 232 g/mol. The van der Waals surface area contributed by atoms with Crippen molar-refractivity contribution in [2.75, 3.05) is 0 Å². The van der Waals surface area contributed by atoms with Gasteiger partial charge >= 0.3 is 0 Å². The van der Waals surface area contributed by atoms with Gasteiger partial charge < -0.3 is 0 Å². The molecule has 0 heterocycles. The van der Waals surface area contributed by atoms with E-state index in [-0.39, 0.29) is 0 Å². The average Bonchev–Trinajstić information content (AvgIpc) is 1.85. The highest BCUT2D eigenvalue weighted by atomic mass is 79.9. The van der Waals surface area contributed by atoms with Crippen LogP contribution in [0.25, 0.3) is 0 Å². The summed E-state index contributed by atoms with van der Waals surface area (Å²) >= 11 is 9.37. The predicted octanol–water partition coefficient (Wildman–Crippen LogP) is 4.10. The first-order valence-electron chi connectivity index (χ1n) is 3.51. The summed E-state index contributed by atoms with van der Waals surface area (Å²) in [5, 5.41) is 0.811. The van der Waals surface area contributed by atoms with Gasteiger partial charge in [0.25, 0.3) is 0 Å². The van der Waals surface area contributed by atoms with Crippen LogP contribution in [0.15, 0.2) is 18.2 Å². The van der Waals surface area contributed by atoms with Gasteiger partial charge in [0, 0.05) is 9.85 Å². The molecule has 0 bridgehead atoms. The van der Waals surface area contributed by atoms with Crippen LogP contribution in [-0.2, 0) is 0 Å². The van der Waals surface area contributed by atoms with Gasteiger partial charge in [-0.25, -0.2) is 0 Å². The highest BCUT2D eigenvalue weighted by Crippen LogP contribution is 2.25. The van der Waals surface area contributed by atoms with Crippen LogP contribution < -0.4 is 0 Å². The lowest BCUT2D eigenvalue weighted by Crippen LogP contribution is -1.84. The van der Waals surface area contributed by atoms with Crippen LogP contribution in [-0.4, -0.2) is 0 Å². The van der Waals surface area contributed by atoms with Gasteiger partial charge in [-0.3, -0.25) is 0 Å². The van der Waals surface area contributed by atoms with E-state index in [1.54, 1.807) is 0 Å². The lowest BCUT2D eigenvalue weighted by atomic mass is 10.1. The summed E-state index contributed by atoms with van der Waals surface area (Å²) in [6.07, 6.45) is 0. The summed E-state index contributed by atoms with van der Waals surface area (Å²) in [5.41, 5.74) is 2.44. The van der Waals surface area contributed by atoms with E-state index in [0.717, 1.165) is 5.02 Å². The van der Waals surface area contributed by atoms with Crippen molar-refractivity contribution in [1.29, 1.82) is 0 Å². The zero-order valence-corrected chi connectivity index (χ0v) is 8.91. The van der Waals surface area contributed by atoms with E-state index < -0.39 is 0 Å². The first kappa shape index (κ1) is 9.08. The van der Waals surface area contributed by atoms with Gasteiger partial charge in [-0.05, 0) is 37.1 Å². The molecule has 0 spiro atoms. The van der Waals surface area contributed by atoms with Crippen LogP contribution in [0.3, 0.4) is 0 Å². The molecule has 0 amide bonds. The van der Waals surface area contributed by atoms with E-state index in [9.17, 15) is 0 Å². The Bertz CT molecular complexity index is 235. The molecule has 2 heteroatoms. The second-order valence-electron chi connectivity index (χ2n) is 2.68. The number of alkyl halides is 1. The largest absolute Gasteiger partial charge is 0.0843 e. The van der Waals surface area contributed by atoms with Gasteiger partial charge in [-0.1, -0.05) is 33.6 Å². The Balaban J connectivity index is 3.08. The molecule has 0 saturated heterocycles. The number of hydrogen-bond acceptors (Lipinski definition) is 0. The SMILES string of the molecule is Cc1cc(Cl)cc(C(C)Br)c1. The third kappa shape index (κ3) is 2.49. The molecule has 0 radical (unpaired) electrons. The second-order valence-corrected chi connectivity index (χ2v) is 4.49. The van der Waals surface area contributed by atoms with Crippen LogP contribution in [0.5, 0.6) is 0 Å². The van der Waals surface area contributed by atoms with Gasteiger partial charge in [0.05, 0.1) is 0 Å². The smallest absolute Gasteiger partial charge is 0.0411 e. The lowest BCUT2D eigenvalue weighted by molar-refractivity contribution is 1.12. The molecule has 0 N–H and O–H groups in total. The maximum atomic E-state index is 5.87. The Morgan fingerprint density at radius 1 is 1.36 bits per heavy atom. The molecule has 1 rings (SSSR count). The Morgan fingerprint density at radius 3 is 2.45 bits per heavy atom. The van der Waals surface area contributed by atoms with E-state index >= 15 is 0 Å². The normalized spacial score (nSPS) is 13.1. The van der Waals surface area contributed by atoms with Gasteiger partial charge in [0.1, 0.15) is 0 Å². The summed E-state index contributed by atoms with van der Waals surface area (Å²) in [7, 11) is 0. The number of halogens is 2. The molecule has 0 aliphatic rings. The Hall–Kier alpha value is -0.0100. The molecule has 1 aromatic carbocycles. The molecule has 0 fully saturated rings. The van der Waals surface area contributed by atoms with E-state index in [4.69, 9.17) is 11.6 Å². The van der Waals surface area contributed by atoms with Crippen LogP contribution in [0.1, 0.15) is 22.9 Å². The minimum Gasteiger partial charge on any atom is -0.0843 e. The number of aryl methyl sites for hydroxylation is 1. The highest BCUT2D eigenvalue weighted by molar-refractivity contribution is 9.09. The van der Waals surface area contributed by atoms with Crippen molar-refractivity contribution in [3.63, 3.8) is 0 Å². The molecule has 60 valence electrons. The van der Waals surface area contributed by atoms with Gasteiger partial charge in [-0.2, -0.15) is 0 Å². The number of rotatable bonds is 1. The summed E-state index contributed by atoms with van der Waals surface area (Å²) < 4.78 is 0. The standard InChI is InChI=1S/C9H10BrCl/c1-6-3-8(7(2)10)5-9(11)4-6/h3-5,7H,1-2H3.